The number of hydrogen-bond acceptors (Lipinski definition) is 3. The highest BCUT2D eigenvalue weighted by Crippen LogP contribution is 2.14. The summed E-state index contributed by atoms with van der Waals surface area (Å²) in [5, 5.41) is 11.9. The second-order valence-corrected chi connectivity index (χ2v) is 4.82. The lowest BCUT2D eigenvalue weighted by atomic mass is 10.1. The van der Waals surface area contributed by atoms with Crippen LogP contribution in [-0.4, -0.2) is 23.7 Å². The van der Waals surface area contributed by atoms with Crippen LogP contribution in [0.3, 0.4) is 0 Å². The molecular weight excluding hydrogens is 266 g/mol. The van der Waals surface area contributed by atoms with Crippen molar-refractivity contribution in [3.05, 3.63) is 65.7 Å². The molecule has 4 nitrogen and oxygen atoms in total. The Morgan fingerprint density at radius 3 is 2.52 bits per heavy atom. The van der Waals surface area contributed by atoms with E-state index in [1.54, 1.807) is 13.0 Å². The molecule has 0 aliphatic rings. The minimum absolute atomic E-state index is 0.205. The number of nitrogens with one attached hydrogen (secondary N) is 1. The molecule has 0 saturated heterocycles. The van der Waals surface area contributed by atoms with Gasteiger partial charge in [0.05, 0.1) is 6.10 Å². The summed E-state index contributed by atoms with van der Waals surface area (Å²) in [5.41, 5.74) is 1.37. The average Bonchev–Trinajstić information content (AvgIpc) is 2.52. The maximum absolute atomic E-state index is 12.1. The van der Waals surface area contributed by atoms with Crippen molar-refractivity contribution in [2.45, 2.75) is 19.6 Å². The van der Waals surface area contributed by atoms with E-state index in [1.165, 1.54) is 0 Å². The minimum atomic E-state index is -0.568. The van der Waals surface area contributed by atoms with Crippen LogP contribution in [0.1, 0.15) is 22.8 Å². The Kier molecular flexibility index (Phi) is 5.35. The van der Waals surface area contributed by atoms with Crippen molar-refractivity contribution in [1.29, 1.82) is 0 Å². The molecule has 0 radical (unpaired) electrons. The van der Waals surface area contributed by atoms with Gasteiger partial charge in [0.1, 0.15) is 12.4 Å². The predicted octanol–water partition coefficient (Wildman–Crippen LogP) is 2.38. The quantitative estimate of drug-likeness (QED) is 0.856. The van der Waals surface area contributed by atoms with Crippen LogP contribution in [0, 0.1) is 0 Å². The van der Waals surface area contributed by atoms with Crippen LogP contribution in [0.4, 0.5) is 0 Å². The summed E-state index contributed by atoms with van der Waals surface area (Å²) in [6.45, 7) is 2.18. The van der Waals surface area contributed by atoms with Crippen molar-refractivity contribution in [1.82, 2.24) is 5.32 Å². The SMILES string of the molecule is CC(O)CNC(=O)c1ccccc1COc1ccccc1. The molecular formula is C17H19NO3. The topological polar surface area (TPSA) is 58.6 Å². The molecule has 0 saturated carbocycles. The molecule has 21 heavy (non-hydrogen) atoms. The standard InChI is InChI=1S/C17H19NO3/c1-13(19)11-18-17(20)16-10-6-5-7-14(16)12-21-15-8-3-2-4-9-15/h2-10,13,19H,11-12H2,1H3,(H,18,20). The molecule has 0 aliphatic heterocycles. The number of ether oxygens (including phenoxy) is 1. The first-order valence-corrected chi connectivity index (χ1v) is 6.89. The van der Waals surface area contributed by atoms with Gasteiger partial charge in [0.15, 0.2) is 0 Å². The Bertz CT molecular complexity index is 582. The number of hydrogen-bond donors (Lipinski definition) is 2. The lowest BCUT2D eigenvalue weighted by Gasteiger charge is -2.12. The lowest BCUT2D eigenvalue weighted by Crippen LogP contribution is -2.31. The zero-order valence-corrected chi connectivity index (χ0v) is 12.0. The molecule has 0 aromatic heterocycles. The van der Waals surface area contributed by atoms with Crippen molar-refractivity contribution in [2.24, 2.45) is 0 Å². The van der Waals surface area contributed by atoms with Gasteiger partial charge in [0, 0.05) is 17.7 Å². The zero-order chi connectivity index (χ0) is 15.1. The summed E-state index contributed by atoms with van der Waals surface area (Å²) in [7, 11) is 0. The molecule has 0 bridgehead atoms. The number of amides is 1. The van der Waals surface area contributed by atoms with Crippen molar-refractivity contribution < 1.29 is 14.6 Å². The van der Waals surface area contributed by atoms with Crippen molar-refractivity contribution in [3.8, 4) is 5.75 Å². The number of para-hydroxylation sites is 1. The fourth-order valence-electron chi connectivity index (χ4n) is 1.88. The fourth-order valence-corrected chi connectivity index (χ4v) is 1.88. The molecule has 0 aliphatic carbocycles. The molecule has 0 heterocycles. The molecule has 1 unspecified atom stereocenters. The molecule has 1 atom stereocenters. The third kappa shape index (κ3) is 4.61. The first-order chi connectivity index (χ1) is 10.2. The molecule has 2 N–H and O–H groups in total. The van der Waals surface area contributed by atoms with Crippen molar-refractivity contribution >= 4 is 5.91 Å². The van der Waals surface area contributed by atoms with Crippen molar-refractivity contribution in [3.63, 3.8) is 0 Å². The number of aliphatic hydroxyl groups excluding tert-OH is 1. The van der Waals surface area contributed by atoms with Crippen LogP contribution in [0.2, 0.25) is 0 Å². The van der Waals surface area contributed by atoms with Crippen LogP contribution < -0.4 is 10.1 Å². The molecule has 0 spiro atoms. The largest absolute Gasteiger partial charge is 0.489 e. The van der Waals surface area contributed by atoms with Gasteiger partial charge in [-0.3, -0.25) is 4.79 Å². The van der Waals surface area contributed by atoms with Crippen LogP contribution in [-0.2, 0) is 6.61 Å². The summed E-state index contributed by atoms with van der Waals surface area (Å²) in [4.78, 5) is 12.1. The second kappa shape index (κ2) is 7.45. The van der Waals surface area contributed by atoms with E-state index in [-0.39, 0.29) is 12.5 Å². The van der Waals surface area contributed by atoms with E-state index in [0.717, 1.165) is 11.3 Å². The Morgan fingerprint density at radius 1 is 1.14 bits per heavy atom. The highest BCUT2D eigenvalue weighted by molar-refractivity contribution is 5.95. The van der Waals surface area contributed by atoms with E-state index in [2.05, 4.69) is 5.32 Å². The summed E-state index contributed by atoms with van der Waals surface area (Å²) in [6, 6.07) is 16.8. The summed E-state index contributed by atoms with van der Waals surface area (Å²) < 4.78 is 5.68. The third-order valence-electron chi connectivity index (χ3n) is 2.96. The molecule has 4 heteroatoms. The van der Waals surface area contributed by atoms with Gasteiger partial charge >= 0.3 is 0 Å². The zero-order valence-electron chi connectivity index (χ0n) is 12.0. The van der Waals surface area contributed by atoms with Gasteiger partial charge in [-0.2, -0.15) is 0 Å². The Hall–Kier alpha value is -2.33. The van der Waals surface area contributed by atoms with Gasteiger partial charge in [-0.1, -0.05) is 36.4 Å². The van der Waals surface area contributed by atoms with E-state index in [4.69, 9.17) is 4.74 Å². The number of carbonyl (C=O) groups is 1. The first-order valence-electron chi connectivity index (χ1n) is 6.89. The van der Waals surface area contributed by atoms with Crippen LogP contribution in [0.15, 0.2) is 54.6 Å². The minimum Gasteiger partial charge on any atom is -0.489 e. The number of carbonyl (C=O) groups excluding carboxylic acids is 1. The van der Waals surface area contributed by atoms with E-state index in [1.807, 2.05) is 48.5 Å². The maximum atomic E-state index is 12.1. The van der Waals surface area contributed by atoms with E-state index < -0.39 is 6.10 Å². The van der Waals surface area contributed by atoms with Crippen molar-refractivity contribution in [2.75, 3.05) is 6.54 Å². The highest BCUT2D eigenvalue weighted by atomic mass is 16.5. The highest BCUT2D eigenvalue weighted by Gasteiger charge is 2.11. The smallest absolute Gasteiger partial charge is 0.251 e. The van der Waals surface area contributed by atoms with Gasteiger partial charge in [-0.25, -0.2) is 0 Å². The molecule has 110 valence electrons. The molecule has 1 amide bonds. The first kappa shape index (κ1) is 15.1. The third-order valence-corrected chi connectivity index (χ3v) is 2.96. The maximum Gasteiger partial charge on any atom is 0.251 e. The number of aliphatic hydroxyl groups is 1. The lowest BCUT2D eigenvalue weighted by molar-refractivity contribution is 0.0921. The normalized spacial score (nSPS) is 11.7. The van der Waals surface area contributed by atoms with E-state index in [9.17, 15) is 9.90 Å². The number of rotatable bonds is 6. The molecule has 0 fully saturated rings. The molecule has 2 aromatic carbocycles. The van der Waals surface area contributed by atoms with E-state index >= 15 is 0 Å². The van der Waals surface area contributed by atoms with Crippen LogP contribution in [0.5, 0.6) is 5.75 Å². The fraction of sp³-hybridized carbons (Fsp3) is 0.235. The van der Waals surface area contributed by atoms with Crippen LogP contribution >= 0.6 is 0 Å². The average molecular weight is 285 g/mol. The van der Waals surface area contributed by atoms with Crippen LogP contribution in [0.25, 0.3) is 0 Å². The van der Waals surface area contributed by atoms with Gasteiger partial charge < -0.3 is 15.2 Å². The predicted molar refractivity (Wildman–Crippen MR) is 81.2 cm³/mol. The van der Waals surface area contributed by atoms with Gasteiger partial charge in [-0.15, -0.1) is 0 Å². The second-order valence-electron chi connectivity index (χ2n) is 4.82. The summed E-state index contributed by atoms with van der Waals surface area (Å²) in [5.74, 6) is 0.555. The Balaban J connectivity index is 2.04. The Morgan fingerprint density at radius 2 is 1.81 bits per heavy atom. The summed E-state index contributed by atoms with van der Waals surface area (Å²) >= 11 is 0. The van der Waals surface area contributed by atoms with Gasteiger partial charge in [-0.05, 0) is 25.1 Å². The Labute approximate surface area is 124 Å². The monoisotopic (exact) mass is 285 g/mol. The molecule has 2 rings (SSSR count). The molecule has 2 aromatic rings. The summed E-state index contributed by atoms with van der Waals surface area (Å²) in [6.07, 6.45) is -0.568. The number of benzene rings is 2. The van der Waals surface area contributed by atoms with Gasteiger partial charge in [0.25, 0.3) is 5.91 Å². The van der Waals surface area contributed by atoms with Gasteiger partial charge in [0.2, 0.25) is 0 Å². The van der Waals surface area contributed by atoms with E-state index in [0.29, 0.717) is 12.2 Å².